The Hall–Kier alpha value is -3.53. The van der Waals surface area contributed by atoms with Crippen LogP contribution in [0.25, 0.3) is 0 Å². The van der Waals surface area contributed by atoms with E-state index < -0.39 is 18.4 Å². The maximum atomic E-state index is 11.7. The fourth-order valence-corrected chi connectivity index (χ4v) is 1.75. The van der Waals surface area contributed by atoms with Crippen LogP contribution in [0.2, 0.25) is 0 Å². The number of aliphatic carboxylic acids is 1. The van der Waals surface area contributed by atoms with E-state index in [0.717, 1.165) is 11.3 Å². The molecule has 1 amide bonds. The summed E-state index contributed by atoms with van der Waals surface area (Å²) in [7, 11) is 1.57. The van der Waals surface area contributed by atoms with Gasteiger partial charge in [-0.25, -0.2) is 4.98 Å². The van der Waals surface area contributed by atoms with E-state index >= 15 is 0 Å². The van der Waals surface area contributed by atoms with Crippen molar-refractivity contribution < 1.29 is 24.5 Å². The molecule has 0 atom stereocenters. The Balaban J connectivity index is 2.13. The molecular weight excluding hydrogens is 312 g/mol. The summed E-state index contributed by atoms with van der Waals surface area (Å²) in [5.41, 5.74) is 0.905. The summed E-state index contributed by atoms with van der Waals surface area (Å²) in [6, 6.07) is 8.41. The number of ether oxygens (including phenoxy) is 1. The highest BCUT2D eigenvalue weighted by Crippen LogP contribution is 2.16. The third-order valence-electron chi connectivity index (χ3n) is 2.92. The van der Waals surface area contributed by atoms with Gasteiger partial charge in [0.1, 0.15) is 18.0 Å². The van der Waals surface area contributed by atoms with Gasteiger partial charge >= 0.3 is 5.97 Å². The van der Waals surface area contributed by atoms with Crippen molar-refractivity contribution in [1.82, 2.24) is 10.3 Å². The van der Waals surface area contributed by atoms with Crippen molar-refractivity contribution in [2.75, 3.05) is 13.7 Å². The van der Waals surface area contributed by atoms with Gasteiger partial charge in [-0.1, -0.05) is 11.8 Å². The number of hydrogen-bond acceptors (Lipinski definition) is 5. The van der Waals surface area contributed by atoms with Crippen molar-refractivity contribution >= 4 is 11.9 Å². The predicted octanol–water partition coefficient (Wildman–Crippen LogP) is 1.01. The van der Waals surface area contributed by atoms with Gasteiger partial charge in [0.25, 0.3) is 5.91 Å². The fourth-order valence-electron chi connectivity index (χ4n) is 1.75. The van der Waals surface area contributed by atoms with Crippen molar-refractivity contribution in [2.45, 2.75) is 0 Å². The van der Waals surface area contributed by atoms with Gasteiger partial charge in [0.05, 0.1) is 7.11 Å². The molecule has 1 aromatic heterocycles. The van der Waals surface area contributed by atoms with Crippen molar-refractivity contribution in [3.05, 3.63) is 53.3 Å². The summed E-state index contributed by atoms with van der Waals surface area (Å²) < 4.78 is 5.05. The number of pyridine rings is 1. The number of methoxy groups -OCH3 is 1. The Labute approximate surface area is 137 Å². The van der Waals surface area contributed by atoms with Gasteiger partial charge in [-0.3, -0.25) is 9.59 Å². The molecule has 0 bridgehead atoms. The minimum atomic E-state index is -1.19. The van der Waals surface area contributed by atoms with Gasteiger partial charge in [0, 0.05) is 17.3 Å². The molecule has 7 nitrogen and oxygen atoms in total. The lowest BCUT2D eigenvalue weighted by atomic mass is 10.2. The molecule has 3 N–H and O–H groups in total. The average molecular weight is 326 g/mol. The zero-order valence-corrected chi connectivity index (χ0v) is 12.7. The second-order valence-electron chi connectivity index (χ2n) is 4.65. The molecule has 0 radical (unpaired) electrons. The molecule has 0 saturated carbocycles. The molecule has 0 saturated heterocycles. The molecule has 0 aliphatic rings. The van der Waals surface area contributed by atoms with Gasteiger partial charge in [0.2, 0.25) is 0 Å². The van der Waals surface area contributed by atoms with Crippen LogP contribution >= 0.6 is 0 Å². The first-order chi connectivity index (χ1) is 11.5. The van der Waals surface area contributed by atoms with E-state index in [9.17, 15) is 14.7 Å². The molecule has 122 valence electrons. The van der Waals surface area contributed by atoms with Crippen LogP contribution in [-0.2, 0) is 4.79 Å². The third kappa shape index (κ3) is 4.48. The van der Waals surface area contributed by atoms with Crippen molar-refractivity contribution in [2.24, 2.45) is 0 Å². The third-order valence-corrected chi connectivity index (χ3v) is 2.92. The molecule has 0 fully saturated rings. The lowest BCUT2D eigenvalue weighted by Crippen LogP contribution is -2.29. The van der Waals surface area contributed by atoms with Gasteiger partial charge in [-0.05, 0) is 30.3 Å². The Bertz CT molecular complexity index is 819. The van der Waals surface area contributed by atoms with Crippen LogP contribution in [0, 0.1) is 11.8 Å². The first-order valence-corrected chi connectivity index (χ1v) is 6.84. The van der Waals surface area contributed by atoms with E-state index in [1.807, 2.05) is 0 Å². The number of carboxylic acid groups (broad SMARTS) is 1. The van der Waals surface area contributed by atoms with Crippen molar-refractivity contribution in [3.63, 3.8) is 0 Å². The number of nitrogens with one attached hydrogen (secondary N) is 1. The number of hydrogen-bond donors (Lipinski definition) is 3. The van der Waals surface area contributed by atoms with Crippen LogP contribution in [0.1, 0.15) is 21.6 Å². The summed E-state index contributed by atoms with van der Waals surface area (Å²) in [4.78, 5) is 25.9. The molecule has 0 aliphatic heterocycles. The van der Waals surface area contributed by atoms with Crippen LogP contribution in [0.3, 0.4) is 0 Å². The monoisotopic (exact) mass is 326 g/mol. The number of benzene rings is 1. The molecule has 0 unspecified atom stereocenters. The molecule has 1 aromatic carbocycles. The number of carbonyl (C=O) groups excluding carboxylic acids is 1. The highest BCUT2D eigenvalue weighted by atomic mass is 16.5. The van der Waals surface area contributed by atoms with Crippen LogP contribution in [0.15, 0.2) is 36.5 Å². The van der Waals surface area contributed by atoms with E-state index in [2.05, 4.69) is 22.1 Å². The van der Waals surface area contributed by atoms with E-state index in [0.29, 0.717) is 5.56 Å². The standard InChI is InChI=1S/C17H14N2O5/c1-24-13-6-4-11(5-7-13)2-3-12-8-14(20)16(18-9-12)17(23)19-10-15(21)22/h4-9,20H,10H2,1H3,(H,19,23)(H,21,22). The summed E-state index contributed by atoms with van der Waals surface area (Å²) in [5.74, 6) is 4.09. The van der Waals surface area contributed by atoms with Crippen LogP contribution in [0.4, 0.5) is 0 Å². The molecule has 24 heavy (non-hydrogen) atoms. The molecule has 0 aliphatic carbocycles. The second-order valence-corrected chi connectivity index (χ2v) is 4.65. The van der Waals surface area contributed by atoms with E-state index in [-0.39, 0.29) is 11.4 Å². The molecule has 0 spiro atoms. The van der Waals surface area contributed by atoms with E-state index in [4.69, 9.17) is 9.84 Å². The van der Waals surface area contributed by atoms with E-state index in [1.54, 1.807) is 31.4 Å². The smallest absolute Gasteiger partial charge is 0.322 e. The molecule has 2 aromatic rings. The van der Waals surface area contributed by atoms with E-state index in [1.165, 1.54) is 12.3 Å². The lowest BCUT2D eigenvalue weighted by Gasteiger charge is -2.04. The van der Waals surface area contributed by atoms with Gasteiger partial charge in [-0.2, -0.15) is 0 Å². The summed E-state index contributed by atoms with van der Waals surface area (Å²) in [6.45, 7) is -0.557. The Morgan fingerprint density at radius 2 is 1.88 bits per heavy atom. The highest BCUT2D eigenvalue weighted by molar-refractivity contribution is 5.96. The second kappa shape index (κ2) is 7.65. The molecule has 2 rings (SSSR count). The normalized spacial score (nSPS) is 9.54. The molecule has 7 heteroatoms. The number of nitrogens with zero attached hydrogens (tertiary/aromatic N) is 1. The number of rotatable bonds is 4. The Morgan fingerprint density at radius 3 is 2.46 bits per heavy atom. The van der Waals surface area contributed by atoms with Gasteiger partial charge < -0.3 is 20.3 Å². The first-order valence-electron chi connectivity index (χ1n) is 6.84. The van der Waals surface area contributed by atoms with Crippen molar-refractivity contribution in [3.8, 4) is 23.3 Å². The quantitative estimate of drug-likeness (QED) is 0.724. The predicted molar refractivity (Wildman–Crippen MR) is 84.8 cm³/mol. The SMILES string of the molecule is COc1ccc(C#Cc2cnc(C(=O)NCC(=O)O)c(O)c2)cc1. The number of carboxylic acids is 1. The number of carbonyl (C=O) groups is 2. The maximum absolute atomic E-state index is 11.7. The topological polar surface area (TPSA) is 109 Å². The number of aromatic nitrogens is 1. The van der Waals surface area contributed by atoms with Crippen LogP contribution in [0.5, 0.6) is 11.5 Å². The minimum absolute atomic E-state index is 0.258. The Kier molecular flexibility index (Phi) is 5.36. The van der Waals surface area contributed by atoms with Crippen molar-refractivity contribution in [1.29, 1.82) is 0 Å². The summed E-state index contributed by atoms with van der Waals surface area (Å²) in [5, 5.41) is 20.5. The van der Waals surface area contributed by atoms with Gasteiger partial charge in [0.15, 0.2) is 5.69 Å². The largest absolute Gasteiger partial charge is 0.505 e. The Morgan fingerprint density at radius 1 is 1.21 bits per heavy atom. The fraction of sp³-hybridized carbons (Fsp3) is 0.118. The molecule has 1 heterocycles. The zero-order valence-electron chi connectivity index (χ0n) is 12.7. The zero-order chi connectivity index (χ0) is 17.5. The summed E-state index contributed by atoms with van der Waals surface area (Å²) in [6.07, 6.45) is 1.33. The van der Waals surface area contributed by atoms with Crippen LogP contribution < -0.4 is 10.1 Å². The summed E-state index contributed by atoms with van der Waals surface area (Å²) >= 11 is 0. The maximum Gasteiger partial charge on any atom is 0.322 e. The number of amides is 1. The first kappa shape index (κ1) is 16.8. The molecular formula is C17H14N2O5. The number of aromatic hydroxyl groups is 1. The highest BCUT2D eigenvalue weighted by Gasteiger charge is 2.13. The lowest BCUT2D eigenvalue weighted by molar-refractivity contribution is -0.135. The average Bonchev–Trinajstić information content (AvgIpc) is 2.58. The van der Waals surface area contributed by atoms with Gasteiger partial charge in [-0.15, -0.1) is 0 Å². The van der Waals surface area contributed by atoms with Crippen LogP contribution in [-0.4, -0.2) is 40.7 Å². The minimum Gasteiger partial charge on any atom is -0.505 e.